The Labute approximate surface area is 108 Å². The Morgan fingerprint density at radius 1 is 0.941 bits per heavy atom. The van der Waals surface area contributed by atoms with Crippen LogP contribution in [0.3, 0.4) is 0 Å². The van der Waals surface area contributed by atoms with Gasteiger partial charge < -0.3 is 5.32 Å². The summed E-state index contributed by atoms with van der Waals surface area (Å²) in [5.41, 5.74) is 0. The van der Waals surface area contributed by atoms with Crippen LogP contribution >= 0.6 is 0 Å². The predicted molar refractivity (Wildman–Crippen MR) is 75.2 cm³/mol. The zero-order chi connectivity index (χ0) is 12.1. The second-order valence-corrected chi connectivity index (χ2v) is 6.38. The lowest BCUT2D eigenvalue weighted by Gasteiger charge is -2.32. The average Bonchev–Trinajstić information content (AvgIpc) is 2.79. The lowest BCUT2D eigenvalue weighted by Crippen LogP contribution is -2.42. The molecule has 0 radical (unpaired) electrons. The first-order chi connectivity index (χ1) is 8.33. The fraction of sp³-hybridized carbons (Fsp3) is 1.00. The Morgan fingerprint density at radius 2 is 1.71 bits per heavy atom. The number of hydrogen-bond donors (Lipinski definition) is 1. The highest BCUT2D eigenvalue weighted by atomic mass is 15.0. The van der Waals surface area contributed by atoms with Crippen LogP contribution in [0.2, 0.25) is 0 Å². The van der Waals surface area contributed by atoms with Gasteiger partial charge in [-0.25, -0.2) is 0 Å². The van der Waals surface area contributed by atoms with Crippen molar-refractivity contribution in [2.45, 2.75) is 90.1 Å². The molecule has 17 heavy (non-hydrogen) atoms. The number of rotatable bonds is 5. The van der Waals surface area contributed by atoms with Crippen molar-refractivity contribution in [3.8, 4) is 0 Å². The van der Waals surface area contributed by atoms with Crippen LogP contribution in [0.1, 0.15) is 78.1 Å². The average molecular weight is 237 g/mol. The molecular weight excluding hydrogens is 206 g/mol. The summed E-state index contributed by atoms with van der Waals surface area (Å²) in [4.78, 5) is 0. The summed E-state index contributed by atoms with van der Waals surface area (Å²) in [5.74, 6) is 2.02. The summed E-state index contributed by atoms with van der Waals surface area (Å²) in [6, 6.07) is 1.70. The maximum absolute atomic E-state index is 3.98. The molecule has 2 atom stereocenters. The molecule has 1 N–H and O–H groups in total. The molecule has 0 aromatic rings. The molecule has 0 saturated heterocycles. The molecule has 0 heterocycles. The third-order valence-electron chi connectivity index (χ3n) is 5.18. The summed E-state index contributed by atoms with van der Waals surface area (Å²) in [5, 5.41) is 3.98. The van der Waals surface area contributed by atoms with Gasteiger partial charge in [0.15, 0.2) is 0 Å². The molecule has 1 nitrogen and oxygen atoms in total. The van der Waals surface area contributed by atoms with E-state index in [9.17, 15) is 0 Å². The third kappa shape index (κ3) is 3.71. The van der Waals surface area contributed by atoms with Gasteiger partial charge in [0, 0.05) is 12.1 Å². The van der Waals surface area contributed by atoms with E-state index in [2.05, 4.69) is 19.2 Å². The molecular formula is C16H31N. The first kappa shape index (κ1) is 13.4. The van der Waals surface area contributed by atoms with Crippen molar-refractivity contribution in [3.63, 3.8) is 0 Å². The van der Waals surface area contributed by atoms with Gasteiger partial charge in [0.1, 0.15) is 0 Å². The third-order valence-corrected chi connectivity index (χ3v) is 5.18. The van der Waals surface area contributed by atoms with Gasteiger partial charge in [-0.15, -0.1) is 0 Å². The van der Waals surface area contributed by atoms with Gasteiger partial charge in [0.2, 0.25) is 0 Å². The highest BCUT2D eigenvalue weighted by Crippen LogP contribution is 2.32. The molecule has 0 amide bonds. The normalized spacial score (nSPS) is 38.5. The Balaban J connectivity index is 1.70. The van der Waals surface area contributed by atoms with Gasteiger partial charge in [0.25, 0.3) is 0 Å². The van der Waals surface area contributed by atoms with Gasteiger partial charge in [0.05, 0.1) is 0 Å². The van der Waals surface area contributed by atoms with Gasteiger partial charge >= 0.3 is 0 Å². The Hall–Kier alpha value is -0.0400. The summed E-state index contributed by atoms with van der Waals surface area (Å²) >= 11 is 0. The Morgan fingerprint density at radius 3 is 2.35 bits per heavy atom. The van der Waals surface area contributed by atoms with E-state index in [4.69, 9.17) is 0 Å². The smallest absolute Gasteiger partial charge is 0.00978 e. The van der Waals surface area contributed by atoms with E-state index < -0.39 is 0 Å². The van der Waals surface area contributed by atoms with Crippen molar-refractivity contribution in [2.75, 3.05) is 0 Å². The molecule has 1 heteroatoms. The molecule has 2 aliphatic carbocycles. The van der Waals surface area contributed by atoms with Crippen LogP contribution in [0, 0.1) is 11.8 Å². The van der Waals surface area contributed by atoms with Crippen LogP contribution in [0.25, 0.3) is 0 Å². The van der Waals surface area contributed by atoms with Crippen LogP contribution in [0.5, 0.6) is 0 Å². The van der Waals surface area contributed by atoms with E-state index in [1.54, 1.807) is 0 Å². The summed E-state index contributed by atoms with van der Waals surface area (Å²) in [6.07, 6.45) is 14.4. The molecule has 0 bridgehead atoms. The monoisotopic (exact) mass is 237 g/mol. The highest BCUT2D eigenvalue weighted by Gasteiger charge is 2.29. The molecule has 0 aliphatic heterocycles. The van der Waals surface area contributed by atoms with Gasteiger partial charge in [-0.05, 0) is 50.4 Å². The van der Waals surface area contributed by atoms with Gasteiger partial charge in [-0.3, -0.25) is 0 Å². The van der Waals surface area contributed by atoms with E-state index in [1.165, 1.54) is 64.2 Å². The lowest BCUT2D eigenvalue weighted by atomic mass is 9.83. The highest BCUT2D eigenvalue weighted by molar-refractivity contribution is 4.87. The van der Waals surface area contributed by atoms with E-state index in [-0.39, 0.29) is 0 Å². The lowest BCUT2D eigenvalue weighted by molar-refractivity contribution is 0.246. The first-order valence-corrected chi connectivity index (χ1v) is 8.09. The first-order valence-electron chi connectivity index (χ1n) is 8.09. The minimum Gasteiger partial charge on any atom is -0.311 e. The van der Waals surface area contributed by atoms with Crippen molar-refractivity contribution in [1.29, 1.82) is 0 Å². The molecule has 2 aliphatic rings. The van der Waals surface area contributed by atoms with E-state index in [1.807, 2.05) is 0 Å². The van der Waals surface area contributed by atoms with E-state index >= 15 is 0 Å². The fourth-order valence-electron chi connectivity index (χ4n) is 4.07. The van der Waals surface area contributed by atoms with Crippen molar-refractivity contribution in [1.82, 2.24) is 5.32 Å². The molecule has 100 valence electrons. The van der Waals surface area contributed by atoms with Crippen molar-refractivity contribution in [3.05, 3.63) is 0 Å². The summed E-state index contributed by atoms with van der Waals surface area (Å²) in [7, 11) is 0. The second-order valence-electron chi connectivity index (χ2n) is 6.38. The maximum atomic E-state index is 3.98. The molecule has 0 spiro atoms. The minimum atomic E-state index is 0.847. The van der Waals surface area contributed by atoms with Gasteiger partial charge in [-0.2, -0.15) is 0 Å². The Bertz CT molecular complexity index is 206. The fourth-order valence-corrected chi connectivity index (χ4v) is 4.07. The number of nitrogens with one attached hydrogen (secondary N) is 1. The molecule has 2 unspecified atom stereocenters. The van der Waals surface area contributed by atoms with Crippen LogP contribution < -0.4 is 5.32 Å². The molecule has 0 aromatic heterocycles. The number of hydrogen-bond acceptors (Lipinski definition) is 1. The van der Waals surface area contributed by atoms with Crippen molar-refractivity contribution < 1.29 is 0 Å². The van der Waals surface area contributed by atoms with Crippen molar-refractivity contribution >= 4 is 0 Å². The SMILES string of the molecule is CCCC1CCC(NC2CCCC2CC)CC1. The summed E-state index contributed by atoms with van der Waals surface area (Å²) < 4.78 is 0. The minimum absolute atomic E-state index is 0.847. The topological polar surface area (TPSA) is 12.0 Å². The van der Waals surface area contributed by atoms with Crippen LogP contribution in [-0.2, 0) is 0 Å². The van der Waals surface area contributed by atoms with Crippen LogP contribution in [0.4, 0.5) is 0 Å². The molecule has 2 saturated carbocycles. The Kier molecular flexibility index (Phi) is 5.34. The maximum Gasteiger partial charge on any atom is 0.00978 e. The standard InChI is InChI=1S/C16H31N/c1-3-6-13-9-11-15(12-10-13)17-16-8-5-7-14(16)4-2/h13-17H,3-12H2,1-2H3. The molecule has 2 fully saturated rings. The largest absolute Gasteiger partial charge is 0.311 e. The summed E-state index contributed by atoms with van der Waals surface area (Å²) in [6.45, 7) is 4.69. The van der Waals surface area contributed by atoms with Crippen LogP contribution in [-0.4, -0.2) is 12.1 Å². The van der Waals surface area contributed by atoms with E-state index in [0.29, 0.717) is 0 Å². The van der Waals surface area contributed by atoms with Gasteiger partial charge in [-0.1, -0.05) is 39.5 Å². The van der Waals surface area contributed by atoms with Crippen LogP contribution in [0.15, 0.2) is 0 Å². The molecule has 0 aromatic carbocycles. The van der Waals surface area contributed by atoms with E-state index in [0.717, 1.165) is 23.9 Å². The van der Waals surface area contributed by atoms with Crippen molar-refractivity contribution in [2.24, 2.45) is 11.8 Å². The predicted octanol–water partition coefficient (Wildman–Crippen LogP) is 4.51. The quantitative estimate of drug-likeness (QED) is 0.741. The molecule has 2 rings (SSSR count). The zero-order valence-corrected chi connectivity index (χ0v) is 11.9. The zero-order valence-electron chi connectivity index (χ0n) is 11.9. The second kappa shape index (κ2) is 6.78.